The summed E-state index contributed by atoms with van der Waals surface area (Å²) in [6.07, 6.45) is -3.90. The molecule has 0 saturated carbocycles. The third-order valence-electron chi connectivity index (χ3n) is 3.98. The van der Waals surface area contributed by atoms with E-state index in [1.165, 1.54) is 36.4 Å². The number of hydrogen-bond acceptors (Lipinski definition) is 4. The molecule has 0 aliphatic carbocycles. The van der Waals surface area contributed by atoms with Crippen molar-refractivity contribution in [3.05, 3.63) is 71.5 Å². The molecule has 3 aromatic rings. The van der Waals surface area contributed by atoms with E-state index in [0.29, 0.717) is 10.4 Å². The number of anilines is 1. The van der Waals surface area contributed by atoms with Gasteiger partial charge in [-0.25, -0.2) is 4.68 Å². The van der Waals surface area contributed by atoms with E-state index < -0.39 is 23.3 Å². The molecule has 1 N–H and O–H groups in total. The molecule has 0 atom stereocenters. The third kappa shape index (κ3) is 4.55. The Morgan fingerprint density at radius 3 is 2.41 bits per heavy atom. The smallest absolute Gasteiger partial charge is 0.434 e. The molecular formula is C20H15F3N4O2. The molecule has 0 aliphatic heterocycles. The minimum Gasteiger partial charge on any atom is -0.479 e. The predicted octanol–water partition coefficient (Wildman–Crippen LogP) is 4.35. The number of benzene rings is 2. The lowest BCUT2D eigenvalue weighted by Crippen LogP contribution is -2.20. The largest absolute Gasteiger partial charge is 0.479 e. The minimum absolute atomic E-state index is 0.140. The quantitative estimate of drug-likeness (QED) is 0.690. The maximum absolute atomic E-state index is 13.7. The van der Waals surface area contributed by atoms with Crippen LogP contribution in [0.15, 0.2) is 54.7 Å². The molecule has 2 aromatic carbocycles. The van der Waals surface area contributed by atoms with Crippen molar-refractivity contribution >= 4 is 11.6 Å². The summed E-state index contributed by atoms with van der Waals surface area (Å²) in [5.41, 5.74) is -0.401. The van der Waals surface area contributed by atoms with Gasteiger partial charge in [0.2, 0.25) is 0 Å². The zero-order valence-electron chi connectivity index (χ0n) is 15.2. The van der Waals surface area contributed by atoms with E-state index in [4.69, 9.17) is 10.00 Å². The number of carbonyl (C=O) groups excluding carboxylic acids is 1. The number of aryl methyl sites for hydroxylation is 1. The van der Waals surface area contributed by atoms with Crippen molar-refractivity contribution in [2.24, 2.45) is 0 Å². The van der Waals surface area contributed by atoms with Crippen molar-refractivity contribution in [1.29, 1.82) is 5.26 Å². The Hall–Kier alpha value is -3.80. The van der Waals surface area contributed by atoms with Gasteiger partial charge in [-0.2, -0.15) is 23.5 Å². The predicted molar refractivity (Wildman–Crippen MR) is 98.8 cm³/mol. The van der Waals surface area contributed by atoms with Gasteiger partial charge in [-0.15, -0.1) is 0 Å². The lowest BCUT2D eigenvalue weighted by molar-refractivity contribution is -0.143. The van der Waals surface area contributed by atoms with Crippen LogP contribution in [0.2, 0.25) is 0 Å². The Morgan fingerprint density at radius 1 is 1.17 bits per heavy atom. The van der Waals surface area contributed by atoms with Gasteiger partial charge >= 0.3 is 6.18 Å². The molecule has 6 nitrogen and oxygen atoms in total. The fraction of sp³-hybridized carbons (Fsp3) is 0.150. The Morgan fingerprint density at radius 2 is 1.83 bits per heavy atom. The second kappa shape index (κ2) is 8.06. The normalized spacial score (nSPS) is 11.0. The van der Waals surface area contributed by atoms with E-state index >= 15 is 0 Å². The van der Waals surface area contributed by atoms with Gasteiger partial charge in [-0.1, -0.05) is 17.7 Å². The Balaban J connectivity index is 1.89. The summed E-state index contributed by atoms with van der Waals surface area (Å²) in [6.45, 7) is 1.67. The molecule has 1 amide bonds. The second-order valence-electron chi connectivity index (χ2n) is 6.08. The zero-order chi connectivity index (χ0) is 21.0. The van der Waals surface area contributed by atoms with E-state index in [-0.39, 0.29) is 18.0 Å². The van der Waals surface area contributed by atoms with Crippen LogP contribution in [0, 0.1) is 18.3 Å². The van der Waals surface area contributed by atoms with Crippen LogP contribution in [0.1, 0.15) is 21.6 Å². The first-order valence-electron chi connectivity index (χ1n) is 8.43. The lowest BCUT2D eigenvalue weighted by Gasteiger charge is -2.13. The molecule has 0 unspecified atom stereocenters. The van der Waals surface area contributed by atoms with E-state index in [1.54, 1.807) is 12.1 Å². The number of alkyl halides is 3. The van der Waals surface area contributed by atoms with Crippen LogP contribution in [0.5, 0.6) is 5.75 Å². The standard InChI is InChI=1S/C20H15F3N4O2/c1-13-2-6-15(7-3-13)27-18(20(21,22)23)17(12-25-27)19(28)26-14-4-8-16(9-5-14)29-11-10-24/h2-9,12H,11H2,1H3,(H,26,28). The van der Waals surface area contributed by atoms with Gasteiger partial charge in [0.15, 0.2) is 12.3 Å². The highest BCUT2D eigenvalue weighted by Gasteiger charge is 2.40. The van der Waals surface area contributed by atoms with E-state index in [1.807, 2.05) is 13.0 Å². The first kappa shape index (κ1) is 19.9. The maximum atomic E-state index is 13.7. The Labute approximate surface area is 164 Å². The summed E-state index contributed by atoms with van der Waals surface area (Å²) >= 11 is 0. The number of nitriles is 1. The second-order valence-corrected chi connectivity index (χ2v) is 6.08. The molecule has 0 aliphatic rings. The number of rotatable bonds is 5. The molecule has 29 heavy (non-hydrogen) atoms. The topological polar surface area (TPSA) is 79.9 Å². The van der Waals surface area contributed by atoms with Crippen molar-refractivity contribution in [2.45, 2.75) is 13.1 Å². The number of carbonyl (C=O) groups is 1. The van der Waals surface area contributed by atoms with E-state index in [0.717, 1.165) is 11.8 Å². The third-order valence-corrected chi connectivity index (χ3v) is 3.98. The number of hydrogen-bond donors (Lipinski definition) is 1. The van der Waals surface area contributed by atoms with Gasteiger partial charge in [0.25, 0.3) is 5.91 Å². The van der Waals surface area contributed by atoms with Crippen LogP contribution in [0.4, 0.5) is 18.9 Å². The van der Waals surface area contributed by atoms with Crippen molar-refractivity contribution in [3.8, 4) is 17.5 Å². The van der Waals surface area contributed by atoms with Crippen LogP contribution in [-0.2, 0) is 6.18 Å². The monoisotopic (exact) mass is 400 g/mol. The van der Waals surface area contributed by atoms with Gasteiger partial charge in [0.1, 0.15) is 11.8 Å². The van der Waals surface area contributed by atoms with Gasteiger partial charge in [0, 0.05) is 5.69 Å². The molecule has 3 rings (SSSR count). The fourth-order valence-corrected chi connectivity index (χ4v) is 2.62. The van der Waals surface area contributed by atoms with E-state index in [2.05, 4.69) is 10.4 Å². The first-order valence-corrected chi connectivity index (χ1v) is 8.43. The Bertz CT molecular complexity index is 1050. The van der Waals surface area contributed by atoms with Crippen LogP contribution in [-0.4, -0.2) is 22.3 Å². The number of amides is 1. The van der Waals surface area contributed by atoms with Gasteiger partial charge < -0.3 is 10.1 Å². The molecule has 1 heterocycles. The van der Waals surface area contributed by atoms with Crippen LogP contribution in [0.25, 0.3) is 5.69 Å². The van der Waals surface area contributed by atoms with Crippen molar-refractivity contribution in [2.75, 3.05) is 11.9 Å². The van der Waals surface area contributed by atoms with Crippen LogP contribution in [0.3, 0.4) is 0 Å². The average molecular weight is 400 g/mol. The highest BCUT2D eigenvalue weighted by Crippen LogP contribution is 2.34. The van der Waals surface area contributed by atoms with Gasteiger partial charge in [0.05, 0.1) is 17.4 Å². The average Bonchev–Trinajstić information content (AvgIpc) is 3.14. The van der Waals surface area contributed by atoms with Crippen molar-refractivity contribution in [3.63, 3.8) is 0 Å². The summed E-state index contributed by atoms with van der Waals surface area (Å²) in [5.74, 6) is -0.547. The maximum Gasteiger partial charge on any atom is 0.434 e. The first-order chi connectivity index (χ1) is 13.8. The number of nitrogens with zero attached hydrogens (tertiary/aromatic N) is 3. The summed E-state index contributed by atoms with van der Waals surface area (Å²) < 4.78 is 46.9. The molecule has 0 bridgehead atoms. The highest BCUT2D eigenvalue weighted by molar-refractivity contribution is 6.05. The minimum atomic E-state index is -4.79. The number of aromatic nitrogens is 2. The molecule has 148 valence electrons. The van der Waals surface area contributed by atoms with Crippen molar-refractivity contribution in [1.82, 2.24) is 9.78 Å². The zero-order valence-corrected chi connectivity index (χ0v) is 15.2. The van der Waals surface area contributed by atoms with Crippen molar-refractivity contribution < 1.29 is 22.7 Å². The van der Waals surface area contributed by atoms with Crippen LogP contribution < -0.4 is 10.1 Å². The van der Waals surface area contributed by atoms with Crippen LogP contribution >= 0.6 is 0 Å². The molecular weight excluding hydrogens is 385 g/mol. The van der Waals surface area contributed by atoms with E-state index in [9.17, 15) is 18.0 Å². The summed E-state index contributed by atoms with van der Waals surface area (Å²) in [5, 5.41) is 14.7. The highest BCUT2D eigenvalue weighted by atomic mass is 19.4. The number of halogens is 3. The SMILES string of the molecule is Cc1ccc(-n2ncc(C(=O)Nc3ccc(OCC#N)cc3)c2C(F)(F)F)cc1. The van der Waals surface area contributed by atoms with Gasteiger partial charge in [-0.3, -0.25) is 4.79 Å². The lowest BCUT2D eigenvalue weighted by atomic mass is 10.2. The number of nitrogens with one attached hydrogen (secondary N) is 1. The summed E-state index contributed by atoms with van der Waals surface area (Å²) in [6, 6.07) is 14.0. The molecule has 0 radical (unpaired) electrons. The Kier molecular flexibility index (Phi) is 5.54. The molecule has 0 spiro atoms. The number of ether oxygens (including phenoxy) is 1. The summed E-state index contributed by atoms with van der Waals surface area (Å²) in [4.78, 5) is 12.5. The fourth-order valence-electron chi connectivity index (χ4n) is 2.62. The molecule has 9 heteroatoms. The van der Waals surface area contributed by atoms with Gasteiger partial charge in [-0.05, 0) is 43.3 Å². The molecule has 0 saturated heterocycles. The summed E-state index contributed by atoms with van der Waals surface area (Å²) in [7, 11) is 0. The molecule has 0 fully saturated rings. The molecule has 1 aromatic heterocycles.